The summed E-state index contributed by atoms with van der Waals surface area (Å²) in [5.41, 5.74) is 2.14. The van der Waals surface area contributed by atoms with Crippen LogP contribution in [0, 0.1) is 0 Å². The number of hydrogen-bond donors (Lipinski definition) is 1. The summed E-state index contributed by atoms with van der Waals surface area (Å²) < 4.78 is 2.01. The summed E-state index contributed by atoms with van der Waals surface area (Å²) in [5.74, 6) is 0.0827. The molecule has 0 unspecified atom stereocenters. The Labute approximate surface area is 156 Å². The van der Waals surface area contributed by atoms with E-state index in [0.717, 1.165) is 29.9 Å². The minimum Gasteiger partial charge on any atom is -0.481 e. The Hall–Kier alpha value is -2.40. The Morgan fingerprint density at radius 1 is 1.23 bits per heavy atom. The lowest BCUT2D eigenvalue weighted by Gasteiger charge is -2.23. The Morgan fingerprint density at radius 3 is 2.54 bits per heavy atom. The number of pyridine rings is 1. The van der Waals surface area contributed by atoms with E-state index in [4.69, 9.17) is 11.6 Å². The summed E-state index contributed by atoms with van der Waals surface area (Å²) in [6, 6.07) is 11.8. The van der Waals surface area contributed by atoms with E-state index >= 15 is 0 Å². The lowest BCUT2D eigenvalue weighted by atomic mass is 9.82. The van der Waals surface area contributed by atoms with Crippen LogP contribution in [0.15, 0.2) is 42.6 Å². The van der Waals surface area contributed by atoms with Gasteiger partial charge in [-0.2, -0.15) is 0 Å². The van der Waals surface area contributed by atoms with E-state index in [1.807, 2.05) is 48.7 Å². The smallest absolute Gasteiger partial charge is 0.304 e. The van der Waals surface area contributed by atoms with Crippen LogP contribution in [0.25, 0.3) is 5.65 Å². The molecule has 0 amide bonds. The van der Waals surface area contributed by atoms with Crippen molar-refractivity contribution in [3.05, 3.63) is 64.6 Å². The second-order valence-electron chi connectivity index (χ2n) is 7.68. The molecule has 26 heavy (non-hydrogen) atoms. The lowest BCUT2D eigenvalue weighted by molar-refractivity contribution is -0.138. The number of fused-ring (bicyclic) bond motifs is 1. The van der Waals surface area contributed by atoms with E-state index in [-0.39, 0.29) is 11.8 Å². The van der Waals surface area contributed by atoms with Gasteiger partial charge in [-0.05, 0) is 36.6 Å². The Kier molecular flexibility index (Phi) is 3.81. The van der Waals surface area contributed by atoms with E-state index in [2.05, 4.69) is 22.3 Å². The largest absolute Gasteiger partial charge is 0.481 e. The third-order valence-electron chi connectivity index (χ3n) is 5.33. The van der Waals surface area contributed by atoms with Crippen molar-refractivity contribution in [1.82, 2.24) is 14.6 Å². The molecule has 0 spiro atoms. The van der Waals surface area contributed by atoms with Gasteiger partial charge in [0.1, 0.15) is 5.82 Å². The second kappa shape index (κ2) is 5.81. The highest BCUT2D eigenvalue weighted by molar-refractivity contribution is 6.30. The van der Waals surface area contributed by atoms with E-state index in [0.29, 0.717) is 5.02 Å². The second-order valence-corrected chi connectivity index (χ2v) is 8.12. The van der Waals surface area contributed by atoms with Crippen molar-refractivity contribution >= 4 is 23.2 Å². The van der Waals surface area contributed by atoms with Crippen molar-refractivity contribution in [2.75, 3.05) is 0 Å². The van der Waals surface area contributed by atoms with Gasteiger partial charge < -0.3 is 5.11 Å². The highest BCUT2D eigenvalue weighted by Crippen LogP contribution is 2.53. The summed E-state index contributed by atoms with van der Waals surface area (Å²) in [7, 11) is 0. The average Bonchev–Trinajstić information content (AvgIpc) is 3.26. The van der Waals surface area contributed by atoms with E-state index in [1.165, 1.54) is 5.56 Å². The van der Waals surface area contributed by atoms with Crippen molar-refractivity contribution in [2.24, 2.45) is 0 Å². The molecule has 1 aromatic carbocycles. The van der Waals surface area contributed by atoms with Crippen LogP contribution in [-0.4, -0.2) is 25.7 Å². The number of rotatable bonds is 5. The van der Waals surface area contributed by atoms with Crippen molar-refractivity contribution < 1.29 is 9.90 Å². The standard InChI is InChI=1S/C20H20ClN3O2/c1-19(2,12-16(25)26)15-4-3-11-24-17(15)22-23-18(24)20(9-10-20)13-5-7-14(21)8-6-13/h3-8,11H,9-10,12H2,1-2H3,(H,25,26). The molecule has 4 rings (SSSR count). The number of halogens is 1. The maximum Gasteiger partial charge on any atom is 0.304 e. The average molecular weight is 370 g/mol. The maximum atomic E-state index is 11.3. The van der Waals surface area contributed by atoms with Crippen LogP contribution < -0.4 is 0 Å². The molecule has 1 saturated carbocycles. The molecule has 3 aromatic rings. The van der Waals surface area contributed by atoms with Crippen molar-refractivity contribution in [3.63, 3.8) is 0 Å². The monoisotopic (exact) mass is 369 g/mol. The number of aliphatic carboxylic acids is 1. The zero-order valence-electron chi connectivity index (χ0n) is 14.7. The van der Waals surface area contributed by atoms with Crippen LogP contribution in [0.5, 0.6) is 0 Å². The summed E-state index contributed by atoms with van der Waals surface area (Å²) >= 11 is 6.03. The van der Waals surface area contributed by atoms with Gasteiger partial charge in [-0.3, -0.25) is 9.20 Å². The van der Waals surface area contributed by atoms with Gasteiger partial charge in [-0.1, -0.05) is 43.6 Å². The molecule has 134 valence electrons. The zero-order chi connectivity index (χ0) is 18.5. The Balaban J connectivity index is 1.83. The SMILES string of the molecule is CC(C)(CC(=O)O)c1cccn2c(C3(c4ccc(Cl)cc4)CC3)nnc12. The highest BCUT2D eigenvalue weighted by Gasteiger charge is 2.49. The van der Waals surface area contributed by atoms with Gasteiger partial charge in [-0.25, -0.2) is 0 Å². The maximum absolute atomic E-state index is 11.3. The molecule has 1 aliphatic carbocycles. The predicted molar refractivity (Wildman–Crippen MR) is 99.7 cm³/mol. The van der Waals surface area contributed by atoms with Crippen LogP contribution in [0.4, 0.5) is 0 Å². The fourth-order valence-corrected chi connectivity index (χ4v) is 3.91. The first-order valence-electron chi connectivity index (χ1n) is 8.66. The quantitative estimate of drug-likeness (QED) is 0.731. The molecule has 2 heterocycles. The van der Waals surface area contributed by atoms with Gasteiger partial charge in [0.15, 0.2) is 5.65 Å². The number of aromatic nitrogens is 3. The van der Waals surface area contributed by atoms with Gasteiger partial charge in [0.25, 0.3) is 0 Å². The molecule has 1 aliphatic rings. The molecule has 0 bridgehead atoms. The minimum absolute atomic E-state index is 0.0389. The minimum atomic E-state index is -0.823. The third-order valence-corrected chi connectivity index (χ3v) is 5.58. The normalized spacial score (nSPS) is 16.0. The Morgan fingerprint density at radius 2 is 1.92 bits per heavy atom. The lowest BCUT2D eigenvalue weighted by Crippen LogP contribution is -2.23. The predicted octanol–water partition coefficient (Wildman–Crippen LogP) is 4.21. The number of nitrogens with zero attached hydrogens (tertiary/aromatic N) is 3. The molecule has 0 radical (unpaired) electrons. The van der Waals surface area contributed by atoms with Gasteiger partial charge in [0.05, 0.1) is 11.8 Å². The van der Waals surface area contributed by atoms with Gasteiger partial charge in [-0.15, -0.1) is 10.2 Å². The van der Waals surface area contributed by atoms with Gasteiger partial charge in [0, 0.05) is 22.2 Å². The van der Waals surface area contributed by atoms with E-state index < -0.39 is 11.4 Å². The van der Waals surface area contributed by atoms with Crippen LogP contribution in [-0.2, 0) is 15.6 Å². The number of benzene rings is 1. The van der Waals surface area contributed by atoms with E-state index in [9.17, 15) is 9.90 Å². The number of carbonyl (C=O) groups is 1. The van der Waals surface area contributed by atoms with Crippen molar-refractivity contribution in [3.8, 4) is 0 Å². The van der Waals surface area contributed by atoms with Crippen LogP contribution in [0.3, 0.4) is 0 Å². The molecule has 1 N–H and O–H groups in total. The van der Waals surface area contributed by atoms with Crippen molar-refractivity contribution in [2.45, 2.75) is 43.9 Å². The molecule has 0 aliphatic heterocycles. The molecule has 2 aromatic heterocycles. The van der Waals surface area contributed by atoms with E-state index in [1.54, 1.807) is 0 Å². The zero-order valence-corrected chi connectivity index (χ0v) is 15.5. The first-order chi connectivity index (χ1) is 12.3. The van der Waals surface area contributed by atoms with Crippen LogP contribution in [0.2, 0.25) is 5.02 Å². The fourth-order valence-electron chi connectivity index (χ4n) is 3.78. The molecule has 0 atom stereocenters. The molecule has 6 heteroatoms. The molecule has 1 fully saturated rings. The molecular formula is C20H20ClN3O2. The first kappa shape index (κ1) is 17.0. The van der Waals surface area contributed by atoms with Gasteiger partial charge in [0.2, 0.25) is 0 Å². The summed E-state index contributed by atoms with van der Waals surface area (Å²) in [5, 5.41) is 18.9. The summed E-state index contributed by atoms with van der Waals surface area (Å²) in [6.07, 6.45) is 4.02. The summed E-state index contributed by atoms with van der Waals surface area (Å²) in [6.45, 7) is 3.85. The first-order valence-corrected chi connectivity index (χ1v) is 9.04. The Bertz CT molecular complexity index is 988. The van der Waals surface area contributed by atoms with Gasteiger partial charge >= 0.3 is 5.97 Å². The highest BCUT2D eigenvalue weighted by atomic mass is 35.5. The van der Waals surface area contributed by atoms with Crippen molar-refractivity contribution in [1.29, 1.82) is 0 Å². The number of hydrogen-bond acceptors (Lipinski definition) is 3. The topological polar surface area (TPSA) is 67.5 Å². The van der Waals surface area contributed by atoms with Crippen LogP contribution >= 0.6 is 11.6 Å². The fraction of sp³-hybridized carbons (Fsp3) is 0.350. The third kappa shape index (κ3) is 2.67. The molecule has 5 nitrogen and oxygen atoms in total. The van der Waals surface area contributed by atoms with Crippen LogP contribution in [0.1, 0.15) is 50.1 Å². The molecule has 0 saturated heterocycles. The number of carboxylic acid groups (broad SMARTS) is 1. The molecular weight excluding hydrogens is 350 g/mol. The number of carboxylic acids is 1. The summed E-state index contributed by atoms with van der Waals surface area (Å²) in [4.78, 5) is 11.3.